The Morgan fingerprint density at radius 2 is 1.55 bits per heavy atom. The molecule has 0 unspecified atom stereocenters. The van der Waals surface area contributed by atoms with E-state index in [1.807, 2.05) is 0 Å². The van der Waals surface area contributed by atoms with Gasteiger partial charge >= 0.3 is 0 Å². The quantitative estimate of drug-likeness (QED) is 0.394. The van der Waals surface area contributed by atoms with Crippen molar-refractivity contribution in [2.75, 3.05) is 0 Å². The Morgan fingerprint density at radius 3 is 2.39 bits per heavy atom. The highest BCUT2D eigenvalue weighted by molar-refractivity contribution is 5.93. The van der Waals surface area contributed by atoms with E-state index in [1.165, 1.54) is 55.7 Å². The molecule has 4 aliphatic carbocycles. The Balaban J connectivity index is 1.61. The molecule has 0 radical (unpaired) electrons. The fourth-order valence-electron chi connectivity index (χ4n) is 6.44. The molecule has 164 valence electrons. The standard InChI is InChI=1S/C33H32/c1-21-11-7-6-8-14-24-25-19-30-26(20-29(25)32(2,3)27(24)17-15-21)31-23-13-10-9-12-22(23)16-18-28(31)33(30,4)5/h6-8,10-11,13,15-20H,1,9,12,14H2,2-5H3/b8-6-,11-7-,17-15?. The maximum atomic E-state index is 4.20. The third-order valence-electron chi connectivity index (χ3n) is 8.31. The summed E-state index contributed by atoms with van der Waals surface area (Å²) in [5, 5.41) is 0. The van der Waals surface area contributed by atoms with E-state index in [0.29, 0.717) is 0 Å². The molecule has 4 aliphatic rings. The van der Waals surface area contributed by atoms with E-state index in [-0.39, 0.29) is 10.8 Å². The first-order valence-electron chi connectivity index (χ1n) is 12.3. The molecule has 0 aromatic heterocycles. The molecule has 0 heteroatoms. The lowest BCUT2D eigenvalue weighted by molar-refractivity contribution is 0.646. The first-order valence-corrected chi connectivity index (χ1v) is 12.3. The van der Waals surface area contributed by atoms with Crippen LogP contribution in [-0.2, 0) is 17.3 Å². The van der Waals surface area contributed by atoms with Gasteiger partial charge in [-0.2, -0.15) is 0 Å². The van der Waals surface area contributed by atoms with Gasteiger partial charge in [0.05, 0.1) is 0 Å². The van der Waals surface area contributed by atoms with Crippen molar-refractivity contribution in [1.29, 1.82) is 0 Å². The summed E-state index contributed by atoms with van der Waals surface area (Å²) < 4.78 is 0. The lowest BCUT2D eigenvalue weighted by Crippen LogP contribution is -2.18. The average molecular weight is 429 g/mol. The minimum absolute atomic E-state index is 0.00611. The molecule has 0 spiro atoms. The molecule has 0 N–H and O–H groups in total. The van der Waals surface area contributed by atoms with Crippen LogP contribution >= 0.6 is 0 Å². The molecule has 0 saturated carbocycles. The molecular formula is C33H32. The lowest BCUT2D eigenvalue weighted by Gasteiger charge is -2.25. The monoisotopic (exact) mass is 428 g/mol. The Hall–Kier alpha value is -3.12. The summed E-state index contributed by atoms with van der Waals surface area (Å²) in [6, 6.07) is 9.85. The van der Waals surface area contributed by atoms with Crippen molar-refractivity contribution in [2.45, 2.75) is 57.8 Å². The van der Waals surface area contributed by atoms with E-state index in [9.17, 15) is 0 Å². The molecule has 2 aromatic rings. The van der Waals surface area contributed by atoms with Crippen LogP contribution in [0.3, 0.4) is 0 Å². The van der Waals surface area contributed by atoms with Crippen LogP contribution in [0.4, 0.5) is 0 Å². The second kappa shape index (κ2) is 6.94. The van der Waals surface area contributed by atoms with Crippen LogP contribution in [0.25, 0.3) is 22.8 Å². The van der Waals surface area contributed by atoms with Crippen LogP contribution < -0.4 is 0 Å². The summed E-state index contributed by atoms with van der Waals surface area (Å²) in [5.74, 6) is 0. The molecule has 0 atom stereocenters. The molecule has 0 bridgehead atoms. The van der Waals surface area contributed by atoms with Gasteiger partial charge in [0.25, 0.3) is 0 Å². The number of hydrogen-bond acceptors (Lipinski definition) is 0. The van der Waals surface area contributed by atoms with Crippen molar-refractivity contribution in [2.24, 2.45) is 0 Å². The van der Waals surface area contributed by atoms with E-state index < -0.39 is 0 Å². The largest absolute Gasteiger partial charge is 0.0918 e. The molecular weight excluding hydrogens is 396 g/mol. The minimum atomic E-state index is -0.0369. The van der Waals surface area contributed by atoms with Gasteiger partial charge in [-0.05, 0) is 92.6 Å². The highest BCUT2D eigenvalue weighted by atomic mass is 14.5. The highest BCUT2D eigenvalue weighted by Gasteiger charge is 2.42. The molecule has 6 rings (SSSR count). The molecule has 0 amide bonds. The maximum absolute atomic E-state index is 4.20. The zero-order valence-electron chi connectivity index (χ0n) is 20.3. The van der Waals surface area contributed by atoms with E-state index >= 15 is 0 Å². The SMILES string of the molecule is C=C1C=CC2=C(C/C=C\C=C/1)c1cc3c(cc1C2(C)C)-c1c(ccc2c1C=CCC2)C3(C)C. The zero-order valence-corrected chi connectivity index (χ0v) is 20.3. The van der Waals surface area contributed by atoms with Gasteiger partial charge in [0.15, 0.2) is 0 Å². The first kappa shape index (κ1) is 20.5. The van der Waals surface area contributed by atoms with Gasteiger partial charge in [0.2, 0.25) is 0 Å². The lowest BCUT2D eigenvalue weighted by atomic mass is 9.78. The van der Waals surface area contributed by atoms with Crippen LogP contribution in [0, 0.1) is 0 Å². The summed E-state index contributed by atoms with van der Waals surface area (Å²) in [7, 11) is 0. The maximum Gasteiger partial charge on any atom is 0.0159 e. The van der Waals surface area contributed by atoms with Crippen molar-refractivity contribution in [3.8, 4) is 11.1 Å². The zero-order chi connectivity index (χ0) is 23.0. The second-order valence-electron chi connectivity index (χ2n) is 11.0. The van der Waals surface area contributed by atoms with E-state index in [4.69, 9.17) is 0 Å². The van der Waals surface area contributed by atoms with Crippen LogP contribution in [0.1, 0.15) is 73.9 Å². The van der Waals surface area contributed by atoms with Crippen LogP contribution in [0.15, 0.2) is 84.5 Å². The van der Waals surface area contributed by atoms with Gasteiger partial charge in [-0.15, -0.1) is 0 Å². The summed E-state index contributed by atoms with van der Waals surface area (Å²) >= 11 is 0. The summed E-state index contributed by atoms with van der Waals surface area (Å²) in [6.45, 7) is 13.8. The molecule has 0 aliphatic heterocycles. The smallest absolute Gasteiger partial charge is 0.0159 e. The third-order valence-corrected chi connectivity index (χ3v) is 8.31. The third kappa shape index (κ3) is 2.83. The van der Waals surface area contributed by atoms with E-state index in [1.54, 1.807) is 0 Å². The Kier molecular flexibility index (Phi) is 4.31. The number of rotatable bonds is 0. The molecule has 0 heterocycles. The minimum Gasteiger partial charge on any atom is -0.0918 e. The predicted octanol–water partition coefficient (Wildman–Crippen LogP) is 8.63. The van der Waals surface area contributed by atoms with Gasteiger partial charge in [-0.1, -0.05) is 95.0 Å². The van der Waals surface area contributed by atoms with Crippen molar-refractivity contribution in [3.63, 3.8) is 0 Å². The van der Waals surface area contributed by atoms with E-state index in [0.717, 1.165) is 24.8 Å². The second-order valence-corrected chi connectivity index (χ2v) is 11.0. The number of hydrogen-bond donors (Lipinski definition) is 0. The van der Waals surface area contributed by atoms with E-state index in [2.05, 4.69) is 107 Å². The number of allylic oxidation sites excluding steroid dienone is 10. The topological polar surface area (TPSA) is 0 Å². The van der Waals surface area contributed by atoms with Gasteiger partial charge in [-0.3, -0.25) is 0 Å². The Morgan fingerprint density at radius 1 is 0.758 bits per heavy atom. The molecule has 0 nitrogen and oxygen atoms in total. The predicted molar refractivity (Wildman–Crippen MR) is 142 cm³/mol. The molecule has 2 aromatic carbocycles. The molecule has 0 fully saturated rings. The van der Waals surface area contributed by atoms with Crippen LogP contribution in [-0.4, -0.2) is 0 Å². The average Bonchev–Trinajstić information content (AvgIpc) is 3.15. The number of fused-ring (bicyclic) bond motifs is 7. The molecule has 0 saturated heterocycles. The number of aryl methyl sites for hydroxylation is 1. The van der Waals surface area contributed by atoms with Crippen LogP contribution in [0.5, 0.6) is 0 Å². The van der Waals surface area contributed by atoms with Crippen molar-refractivity contribution in [1.82, 2.24) is 0 Å². The van der Waals surface area contributed by atoms with Crippen molar-refractivity contribution >= 4 is 11.6 Å². The summed E-state index contributed by atoms with van der Waals surface area (Å²) in [4.78, 5) is 0. The van der Waals surface area contributed by atoms with Crippen LogP contribution in [0.2, 0.25) is 0 Å². The van der Waals surface area contributed by atoms with Gasteiger partial charge in [0, 0.05) is 10.8 Å². The highest BCUT2D eigenvalue weighted by Crippen LogP contribution is 2.56. The normalized spacial score (nSPS) is 22.8. The Labute approximate surface area is 198 Å². The van der Waals surface area contributed by atoms with Crippen molar-refractivity contribution in [3.05, 3.63) is 118 Å². The van der Waals surface area contributed by atoms with Gasteiger partial charge < -0.3 is 0 Å². The van der Waals surface area contributed by atoms with Gasteiger partial charge in [0.1, 0.15) is 0 Å². The first-order chi connectivity index (χ1) is 15.8. The fraction of sp³-hybridized carbons (Fsp3) is 0.273. The summed E-state index contributed by atoms with van der Waals surface area (Å²) in [5.41, 5.74) is 15.6. The van der Waals surface area contributed by atoms with Crippen molar-refractivity contribution < 1.29 is 0 Å². The molecule has 33 heavy (non-hydrogen) atoms. The summed E-state index contributed by atoms with van der Waals surface area (Å²) in [6.07, 6.45) is 21.1. The fourth-order valence-corrected chi connectivity index (χ4v) is 6.44. The van der Waals surface area contributed by atoms with Gasteiger partial charge in [-0.25, -0.2) is 0 Å². The Bertz CT molecular complexity index is 1380. The number of benzene rings is 2.